The van der Waals surface area contributed by atoms with Gasteiger partial charge in [-0.05, 0) is 42.6 Å². The minimum absolute atomic E-state index is 0.0110. The van der Waals surface area contributed by atoms with Crippen molar-refractivity contribution >= 4 is 18.0 Å². The second-order valence-electron chi connectivity index (χ2n) is 10.8. The van der Waals surface area contributed by atoms with Crippen molar-refractivity contribution in [2.45, 2.75) is 52.0 Å². The summed E-state index contributed by atoms with van der Waals surface area (Å²) in [6.45, 7) is 11.8. The lowest BCUT2D eigenvalue weighted by molar-refractivity contribution is -0.134. The van der Waals surface area contributed by atoms with Crippen LogP contribution in [0.4, 0.5) is 4.79 Å². The van der Waals surface area contributed by atoms with Gasteiger partial charge in [-0.15, -0.1) is 0 Å². The monoisotopic (exact) mass is 438 g/mol. The number of amides is 3. The van der Waals surface area contributed by atoms with Crippen molar-refractivity contribution in [3.05, 3.63) is 42.0 Å². The highest BCUT2D eigenvalue weighted by Crippen LogP contribution is 2.43. The van der Waals surface area contributed by atoms with Gasteiger partial charge in [0.2, 0.25) is 0 Å². The molecule has 1 spiro atoms. The molecule has 0 aromatic heterocycles. The van der Waals surface area contributed by atoms with Crippen LogP contribution >= 0.6 is 0 Å². The van der Waals surface area contributed by atoms with Crippen LogP contribution in [0.25, 0.3) is 6.08 Å². The maximum Gasteiger partial charge on any atom is 0.326 e. The number of hydrogen-bond donors (Lipinski definition) is 1. The third-order valence-electron chi connectivity index (χ3n) is 7.59. The van der Waals surface area contributed by atoms with Crippen LogP contribution in [0.5, 0.6) is 0 Å². The SMILES string of the molecule is CC(C)(C)C1CCC2(CC1)NC(=O)N(CN1CCN(CC=Cc3ccccc3)CC1)C2=O. The first-order chi connectivity index (χ1) is 15.3. The average molecular weight is 439 g/mol. The Labute approximate surface area is 192 Å². The lowest BCUT2D eigenvalue weighted by atomic mass is 9.67. The van der Waals surface area contributed by atoms with E-state index in [-0.39, 0.29) is 17.4 Å². The van der Waals surface area contributed by atoms with E-state index in [0.717, 1.165) is 58.4 Å². The third kappa shape index (κ3) is 5.07. The molecule has 1 N–H and O–H groups in total. The Hall–Kier alpha value is -2.18. The van der Waals surface area contributed by atoms with E-state index in [1.54, 1.807) is 0 Å². The quantitative estimate of drug-likeness (QED) is 0.711. The zero-order valence-corrected chi connectivity index (χ0v) is 19.8. The zero-order chi connectivity index (χ0) is 22.8. The largest absolute Gasteiger partial charge is 0.326 e. The molecule has 1 aromatic carbocycles. The predicted octanol–water partition coefficient (Wildman–Crippen LogP) is 3.80. The molecule has 32 heavy (non-hydrogen) atoms. The van der Waals surface area contributed by atoms with Gasteiger partial charge in [-0.1, -0.05) is 63.3 Å². The first-order valence-electron chi connectivity index (χ1n) is 12.1. The molecule has 3 amide bonds. The van der Waals surface area contributed by atoms with Crippen LogP contribution in [0.2, 0.25) is 0 Å². The van der Waals surface area contributed by atoms with Crippen molar-refractivity contribution in [3.8, 4) is 0 Å². The lowest BCUT2D eigenvalue weighted by Gasteiger charge is -2.41. The molecule has 2 saturated heterocycles. The van der Waals surface area contributed by atoms with E-state index in [1.807, 2.05) is 6.07 Å². The number of hydrogen-bond acceptors (Lipinski definition) is 4. The number of carbonyl (C=O) groups is 2. The van der Waals surface area contributed by atoms with Gasteiger partial charge in [0.1, 0.15) is 5.54 Å². The minimum Gasteiger partial charge on any atom is -0.323 e. The number of piperazine rings is 1. The molecule has 0 atom stereocenters. The lowest BCUT2D eigenvalue weighted by Crippen LogP contribution is -2.53. The van der Waals surface area contributed by atoms with E-state index in [0.29, 0.717) is 12.6 Å². The van der Waals surface area contributed by atoms with Crippen LogP contribution in [0, 0.1) is 11.3 Å². The van der Waals surface area contributed by atoms with Crippen molar-refractivity contribution in [1.82, 2.24) is 20.0 Å². The highest BCUT2D eigenvalue weighted by Gasteiger charge is 2.53. The topological polar surface area (TPSA) is 55.9 Å². The molecule has 6 heteroatoms. The molecule has 2 heterocycles. The fraction of sp³-hybridized carbons (Fsp3) is 0.615. The summed E-state index contributed by atoms with van der Waals surface area (Å²) in [5.74, 6) is 0.596. The molecule has 1 aliphatic carbocycles. The van der Waals surface area contributed by atoms with Crippen molar-refractivity contribution < 1.29 is 9.59 Å². The summed E-state index contributed by atoms with van der Waals surface area (Å²) in [7, 11) is 0. The summed E-state index contributed by atoms with van der Waals surface area (Å²) in [5, 5.41) is 3.07. The first kappa shape index (κ1) is 23.0. The van der Waals surface area contributed by atoms with E-state index in [1.165, 1.54) is 10.5 Å². The Kier molecular flexibility index (Phi) is 6.72. The van der Waals surface area contributed by atoms with E-state index < -0.39 is 5.54 Å². The fourth-order valence-corrected chi connectivity index (χ4v) is 5.34. The molecule has 2 aliphatic heterocycles. The second kappa shape index (κ2) is 9.36. The van der Waals surface area contributed by atoms with Gasteiger partial charge in [-0.2, -0.15) is 0 Å². The standard InChI is InChI=1S/C26H38N4O2/c1-25(2,3)22-11-13-26(14-12-22)23(31)30(24(32)27-26)20-29-18-16-28(17-19-29)15-7-10-21-8-5-4-6-9-21/h4-10,22H,11-20H2,1-3H3,(H,27,32). The van der Waals surface area contributed by atoms with Gasteiger partial charge in [0.15, 0.2) is 0 Å². The number of benzene rings is 1. The molecule has 0 bridgehead atoms. The number of urea groups is 1. The van der Waals surface area contributed by atoms with Crippen LogP contribution in [-0.2, 0) is 4.79 Å². The predicted molar refractivity (Wildman–Crippen MR) is 128 cm³/mol. The molecule has 1 saturated carbocycles. The Morgan fingerprint density at radius 2 is 1.62 bits per heavy atom. The van der Waals surface area contributed by atoms with Gasteiger partial charge < -0.3 is 5.32 Å². The van der Waals surface area contributed by atoms with Crippen LogP contribution in [0.3, 0.4) is 0 Å². The number of nitrogens with one attached hydrogen (secondary N) is 1. The molecule has 6 nitrogen and oxygen atoms in total. The maximum atomic E-state index is 13.3. The Balaban J connectivity index is 1.25. The molecular weight excluding hydrogens is 400 g/mol. The normalized spacial score (nSPS) is 28.1. The molecule has 4 rings (SSSR count). The molecule has 174 valence electrons. The van der Waals surface area contributed by atoms with Gasteiger partial charge in [0, 0.05) is 32.7 Å². The van der Waals surface area contributed by atoms with Gasteiger partial charge in [-0.25, -0.2) is 9.69 Å². The van der Waals surface area contributed by atoms with Gasteiger partial charge in [0.05, 0.1) is 6.67 Å². The van der Waals surface area contributed by atoms with Crippen molar-refractivity contribution in [1.29, 1.82) is 0 Å². The van der Waals surface area contributed by atoms with Crippen molar-refractivity contribution in [3.63, 3.8) is 0 Å². The average Bonchev–Trinajstić information content (AvgIpc) is 2.99. The van der Waals surface area contributed by atoms with Gasteiger partial charge in [-0.3, -0.25) is 14.6 Å². The smallest absolute Gasteiger partial charge is 0.323 e. The molecule has 0 radical (unpaired) electrons. The number of rotatable bonds is 5. The zero-order valence-electron chi connectivity index (χ0n) is 19.8. The van der Waals surface area contributed by atoms with E-state index in [4.69, 9.17) is 0 Å². The Bertz CT molecular complexity index is 829. The summed E-state index contributed by atoms with van der Waals surface area (Å²) in [5.41, 5.74) is 0.807. The summed E-state index contributed by atoms with van der Waals surface area (Å²) in [6, 6.07) is 10.1. The van der Waals surface area contributed by atoms with E-state index in [9.17, 15) is 9.59 Å². The van der Waals surface area contributed by atoms with Crippen LogP contribution < -0.4 is 5.32 Å². The minimum atomic E-state index is -0.664. The van der Waals surface area contributed by atoms with Crippen molar-refractivity contribution in [2.75, 3.05) is 39.4 Å². The summed E-state index contributed by atoms with van der Waals surface area (Å²) < 4.78 is 0. The Morgan fingerprint density at radius 1 is 1.00 bits per heavy atom. The number of imide groups is 1. The van der Waals surface area contributed by atoms with Crippen molar-refractivity contribution in [2.24, 2.45) is 11.3 Å². The molecule has 1 aromatic rings. The highest BCUT2D eigenvalue weighted by molar-refractivity contribution is 6.07. The highest BCUT2D eigenvalue weighted by atomic mass is 16.2. The van der Waals surface area contributed by atoms with Gasteiger partial charge >= 0.3 is 6.03 Å². The summed E-state index contributed by atoms with van der Waals surface area (Å²) >= 11 is 0. The molecule has 0 unspecified atom stereocenters. The number of nitrogens with zero attached hydrogens (tertiary/aromatic N) is 3. The van der Waals surface area contributed by atoms with Crippen LogP contribution in [0.1, 0.15) is 52.0 Å². The van der Waals surface area contributed by atoms with E-state index >= 15 is 0 Å². The fourth-order valence-electron chi connectivity index (χ4n) is 5.34. The van der Waals surface area contributed by atoms with E-state index in [2.05, 4.69) is 72.3 Å². The molecule has 3 fully saturated rings. The Morgan fingerprint density at radius 3 is 2.25 bits per heavy atom. The third-order valence-corrected chi connectivity index (χ3v) is 7.59. The van der Waals surface area contributed by atoms with Gasteiger partial charge in [0.25, 0.3) is 5.91 Å². The first-order valence-corrected chi connectivity index (χ1v) is 12.1. The number of carbonyl (C=O) groups excluding carboxylic acids is 2. The van der Waals surface area contributed by atoms with Crippen LogP contribution in [-0.4, -0.2) is 71.6 Å². The summed E-state index contributed by atoms with van der Waals surface area (Å²) in [4.78, 5) is 32.1. The summed E-state index contributed by atoms with van der Waals surface area (Å²) in [6.07, 6.45) is 7.89. The molecular formula is C26H38N4O2. The maximum absolute atomic E-state index is 13.3. The second-order valence-corrected chi connectivity index (χ2v) is 10.8. The molecule has 3 aliphatic rings. The van der Waals surface area contributed by atoms with Crippen LogP contribution in [0.15, 0.2) is 36.4 Å².